The molecular formula is C16H13BrN6. The monoisotopic (exact) mass is 368 g/mol. The number of fused-ring (bicyclic) bond motifs is 1. The number of pyridine rings is 1. The van der Waals surface area contributed by atoms with Gasteiger partial charge in [-0.1, -0.05) is 30.3 Å². The first-order valence-corrected chi connectivity index (χ1v) is 7.91. The molecule has 0 bridgehead atoms. The van der Waals surface area contributed by atoms with E-state index in [4.69, 9.17) is 0 Å². The average molecular weight is 369 g/mol. The zero-order chi connectivity index (χ0) is 15.6. The van der Waals surface area contributed by atoms with Gasteiger partial charge in [0, 0.05) is 12.4 Å². The molecule has 0 unspecified atom stereocenters. The van der Waals surface area contributed by atoms with Gasteiger partial charge in [0.1, 0.15) is 0 Å². The molecule has 1 aromatic carbocycles. The van der Waals surface area contributed by atoms with Gasteiger partial charge in [-0.05, 0) is 33.6 Å². The number of hydrogen-bond donors (Lipinski definition) is 1. The molecule has 0 atom stereocenters. The predicted molar refractivity (Wildman–Crippen MR) is 91.7 cm³/mol. The van der Waals surface area contributed by atoms with Gasteiger partial charge in [-0.3, -0.25) is 4.68 Å². The van der Waals surface area contributed by atoms with Crippen LogP contribution in [0.15, 0.2) is 65.5 Å². The van der Waals surface area contributed by atoms with Crippen LogP contribution in [-0.2, 0) is 6.54 Å². The first-order valence-electron chi connectivity index (χ1n) is 7.12. The zero-order valence-corrected chi connectivity index (χ0v) is 13.7. The van der Waals surface area contributed by atoms with Crippen LogP contribution in [0.5, 0.6) is 0 Å². The second-order valence-corrected chi connectivity index (χ2v) is 5.95. The number of anilines is 2. The maximum atomic E-state index is 4.46. The van der Waals surface area contributed by atoms with Crippen LogP contribution in [0.3, 0.4) is 0 Å². The van der Waals surface area contributed by atoms with Crippen molar-refractivity contribution >= 4 is 33.2 Å². The molecule has 0 radical (unpaired) electrons. The van der Waals surface area contributed by atoms with Gasteiger partial charge in [0.05, 0.1) is 22.9 Å². The number of rotatable bonds is 4. The summed E-state index contributed by atoms with van der Waals surface area (Å²) in [7, 11) is 0. The van der Waals surface area contributed by atoms with Gasteiger partial charge in [0.15, 0.2) is 5.65 Å². The Bertz CT molecular complexity index is 944. The molecule has 4 rings (SSSR count). The van der Waals surface area contributed by atoms with E-state index in [2.05, 4.69) is 48.6 Å². The highest BCUT2D eigenvalue weighted by atomic mass is 79.9. The van der Waals surface area contributed by atoms with Crippen molar-refractivity contribution in [1.82, 2.24) is 24.4 Å². The van der Waals surface area contributed by atoms with Gasteiger partial charge < -0.3 is 5.32 Å². The molecule has 0 spiro atoms. The number of nitrogens with zero attached hydrogens (tertiary/aromatic N) is 5. The lowest BCUT2D eigenvalue weighted by Crippen LogP contribution is -1.99. The van der Waals surface area contributed by atoms with Crippen molar-refractivity contribution in [3.8, 4) is 0 Å². The highest BCUT2D eigenvalue weighted by Crippen LogP contribution is 2.19. The van der Waals surface area contributed by atoms with Gasteiger partial charge in [0.2, 0.25) is 5.95 Å². The van der Waals surface area contributed by atoms with Crippen molar-refractivity contribution < 1.29 is 0 Å². The van der Waals surface area contributed by atoms with Crippen LogP contribution in [0.4, 0.5) is 11.6 Å². The highest BCUT2D eigenvalue weighted by molar-refractivity contribution is 9.10. The predicted octanol–water partition coefficient (Wildman–Crippen LogP) is 3.48. The number of benzene rings is 1. The van der Waals surface area contributed by atoms with Crippen LogP contribution in [0.2, 0.25) is 0 Å². The second kappa shape index (κ2) is 5.85. The summed E-state index contributed by atoms with van der Waals surface area (Å²) in [4.78, 5) is 4.46. The van der Waals surface area contributed by atoms with Crippen LogP contribution in [-0.4, -0.2) is 24.4 Å². The van der Waals surface area contributed by atoms with E-state index in [1.165, 1.54) is 5.56 Å². The lowest BCUT2D eigenvalue weighted by Gasteiger charge is -2.00. The van der Waals surface area contributed by atoms with Gasteiger partial charge in [-0.15, -0.1) is 5.10 Å². The SMILES string of the molecule is Brc1cccn2nc(Nc3cnn(Cc4ccccc4)c3)nc12. The number of halogens is 1. The molecule has 0 saturated carbocycles. The van der Waals surface area contributed by atoms with Crippen LogP contribution in [0.1, 0.15) is 5.56 Å². The fourth-order valence-electron chi connectivity index (χ4n) is 2.34. The van der Waals surface area contributed by atoms with Gasteiger partial charge in [-0.25, -0.2) is 4.52 Å². The van der Waals surface area contributed by atoms with Crippen molar-refractivity contribution in [3.05, 3.63) is 71.1 Å². The molecule has 0 saturated heterocycles. The molecule has 3 heterocycles. The first kappa shape index (κ1) is 14.0. The molecule has 0 aliphatic heterocycles. The summed E-state index contributed by atoms with van der Waals surface area (Å²) in [6, 6.07) is 14.1. The molecule has 6 nitrogen and oxygen atoms in total. The Balaban J connectivity index is 1.53. The van der Waals surface area contributed by atoms with Crippen molar-refractivity contribution in [2.24, 2.45) is 0 Å². The van der Waals surface area contributed by atoms with E-state index in [1.54, 1.807) is 10.7 Å². The molecule has 23 heavy (non-hydrogen) atoms. The van der Waals surface area contributed by atoms with Crippen LogP contribution in [0, 0.1) is 0 Å². The summed E-state index contributed by atoms with van der Waals surface area (Å²) in [5, 5.41) is 11.9. The smallest absolute Gasteiger partial charge is 0.247 e. The summed E-state index contributed by atoms with van der Waals surface area (Å²) in [5.74, 6) is 0.538. The second-order valence-electron chi connectivity index (χ2n) is 5.10. The van der Waals surface area contributed by atoms with E-state index < -0.39 is 0 Å². The molecule has 0 amide bonds. The Hall–Kier alpha value is -2.67. The van der Waals surface area contributed by atoms with Crippen LogP contribution >= 0.6 is 15.9 Å². The minimum Gasteiger partial charge on any atom is -0.320 e. The van der Waals surface area contributed by atoms with E-state index in [0.717, 1.165) is 22.4 Å². The number of aromatic nitrogens is 5. The maximum absolute atomic E-state index is 4.46. The van der Waals surface area contributed by atoms with Gasteiger partial charge in [0.25, 0.3) is 0 Å². The lowest BCUT2D eigenvalue weighted by atomic mass is 10.2. The number of nitrogens with one attached hydrogen (secondary N) is 1. The molecule has 3 aromatic heterocycles. The standard InChI is InChI=1S/C16H13BrN6/c17-14-7-4-8-23-15(14)20-16(21-23)19-13-9-18-22(11-13)10-12-5-2-1-3-6-12/h1-9,11H,10H2,(H,19,21). The number of hydrogen-bond acceptors (Lipinski definition) is 4. The van der Waals surface area contributed by atoms with E-state index in [-0.39, 0.29) is 0 Å². The third-order valence-corrected chi connectivity index (χ3v) is 4.01. The maximum Gasteiger partial charge on any atom is 0.247 e. The normalized spacial score (nSPS) is 11.0. The highest BCUT2D eigenvalue weighted by Gasteiger charge is 2.07. The summed E-state index contributed by atoms with van der Waals surface area (Å²) in [6.45, 7) is 0.729. The molecule has 114 valence electrons. The average Bonchev–Trinajstić information content (AvgIpc) is 3.16. The summed E-state index contributed by atoms with van der Waals surface area (Å²) >= 11 is 3.47. The molecule has 0 aliphatic rings. The molecule has 4 aromatic rings. The van der Waals surface area contributed by atoms with E-state index in [1.807, 2.05) is 47.4 Å². The molecule has 7 heteroatoms. The van der Waals surface area contributed by atoms with Crippen molar-refractivity contribution in [3.63, 3.8) is 0 Å². The third-order valence-electron chi connectivity index (χ3n) is 3.39. The first-order chi connectivity index (χ1) is 11.3. The minimum atomic E-state index is 0.538. The Labute approximate surface area is 140 Å². The molecular weight excluding hydrogens is 356 g/mol. The quantitative estimate of drug-likeness (QED) is 0.598. The van der Waals surface area contributed by atoms with Gasteiger partial charge >= 0.3 is 0 Å². The molecule has 1 N–H and O–H groups in total. The van der Waals surface area contributed by atoms with Crippen molar-refractivity contribution in [1.29, 1.82) is 0 Å². The van der Waals surface area contributed by atoms with Gasteiger partial charge in [-0.2, -0.15) is 10.1 Å². The Kier molecular flexibility index (Phi) is 3.55. The fourth-order valence-corrected chi connectivity index (χ4v) is 2.76. The molecule has 0 fully saturated rings. The Morgan fingerprint density at radius 2 is 1.96 bits per heavy atom. The summed E-state index contributed by atoms with van der Waals surface area (Å²) in [6.07, 6.45) is 5.56. The summed E-state index contributed by atoms with van der Waals surface area (Å²) in [5.41, 5.74) is 2.83. The van der Waals surface area contributed by atoms with Crippen LogP contribution < -0.4 is 5.32 Å². The topological polar surface area (TPSA) is 60.0 Å². The zero-order valence-electron chi connectivity index (χ0n) is 12.1. The molecule has 0 aliphatic carbocycles. The fraction of sp³-hybridized carbons (Fsp3) is 0.0625. The van der Waals surface area contributed by atoms with E-state index in [0.29, 0.717) is 5.95 Å². The van der Waals surface area contributed by atoms with Crippen LogP contribution in [0.25, 0.3) is 5.65 Å². The third kappa shape index (κ3) is 2.95. The Morgan fingerprint density at radius 1 is 1.09 bits per heavy atom. The van der Waals surface area contributed by atoms with E-state index >= 15 is 0 Å². The largest absolute Gasteiger partial charge is 0.320 e. The van der Waals surface area contributed by atoms with Crippen molar-refractivity contribution in [2.75, 3.05) is 5.32 Å². The minimum absolute atomic E-state index is 0.538. The Morgan fingerprint density at radius 3 is 2.78 bits per heavy atom. The van der Waals surface area contributed by atoms with Crippen molar-refractivity contribution in [2.45, 2.75) is 6.54 Å². The van der Waals surface area contributed by atoms with E-state index in [9.17, 15) is 0 Å². The lowest BCUT2D eigenvalue weighted by molar-refractivity contribution is 0.687. The summed E-state index contributed by atoms with van der Waals surface area (Å²) < 4.78 is 4.50.